The molecule has 0 spiro atoms. The highest BCUT2D eigenvalue weighted by Gasteiger charge is 2.25. The lowest BCUT2D eigenvalue weighted by Crippen LogP contribution is -2.68. The van der Waals surface area contributed by atoms with Crippen LogP contribution in [0.4, 0.5) is 0 Å². The summed E-state index contributed by atoms with van der Waals surface area (Å²) in [4.78, 5) is 0. The summed E-state index contributed by atoms with van der Waals surface area (Å²) < 4.78 is 53.2. The SMILES string of the molecule is COc1c(Br)cc(C)cc1-c1cccc(-c2cc(C)cc(Br)c2OC)[o+]1.[O-][Cl+3]([O-])([O-])[O-]. The van der Waals surface area contributed by atoms with Crippen molar-refractivity contribution in [1.29, 1.82) is 0 Å². The van der Waals surface area contributed by atoms with Crippen LogP contribution in [0.2, 0.25) is 0 Å². The molecule has 0 bridgehead atoms. The summed E-state index contributed by atoms with van der Waals surface area (Å²) in [6, 6.07) is 14.0. The van der Waals surface area contributed by atoms with Crippen molar-refractivity contribution in [2.75, 3.05) is 14.2 Å². The standard InChI is InChI=1S/C21H19Br2O3.ClHO4/c1-12-8-14(20(24-3)16(22)10-12)18-6-5-7-19(26-18)15-9-13(2)11-17(23)21(15)25-4;2-1(3,4)5/h5-11H,1-4H3;(H,2,3,4,5)/q+1;/p-1. The predicted octanol–water partition coefficient (Wildman–Crippen LogP) is 2.30. The number of benzene rings is 2. The number of rotatable bonds is 4. The van der Waals surface area contributed by atoms with Gasteiger partial charge in [-0.05, 0) is 87.2 Å². The van der Waals surface area contributed by atoms with Crippen LogP contribution >= 0.6 is 31.9 Å². The molecule has 0 saturated heterocycles. The molecule has 0 unspecified atom stereocenters. The lowest BCUT2D eigenvalue weighted by molar-refractivity contribution is -2.00. The van der Waals surface area contributed by atoms with E-state index in [0.717, 1.165) is 54.2 Å². The second-order valence-electron chi connectivity index (χ2n) is 6.39. The molecule has 0 fully saturated rings. The van der Waals surface area contributed by atoms with Crippen molar-refractivity contribution in [2.45, 2.75) is 13.8 Å². The van der Waals surface area contributed by atoms with Gasteiger partial charge < -0.3 is 9.47 Å². The molecular formula is C21H19Br2ClO7. The fourth-order valence-electron chi connectivity index (χ4n) is 2.94. The van der Waals surface area contributed by atoms with Gasteiger partial charge in [0.25, 0.3) is 0 Å². The van der Waals surface area contributed by atoms with Crippen molar-refractivity contribution in [3.8, 4) is 34.1 Å². The first-order valence-electron chi connectivity index (χ1n) is 8.68. The van der Waals surface area contributed by atoms with Crippen LogP contribution in [-0.4, -0.2) is 14.2 Å². The first-order valence-corrected chi connectivity index (χ1v) is 11.5. The Morgan fingerprint density at radius 2 is 1.10 bits per heavy atom. The quantitative estimate of drug-likeness (QED) is 0.436. The Bertz CT molecular complexity index is 988. The van der Waals surface area contributed by atoms with E-state index in [2.05, 4.69) is 44.0 Å². The summed E-state index contributed by atoms with van der Waals surface area (Å²) in [6.45, 7) is 4.08. The van der Waals surface area contributed by atoms with Crippen molar-refractivity contribution in [1.82, 2.24) is 0 Å². The second-order valence-corrected chi connectivity index (χ2v) is 8.85. The molecule has 2 aromatic carbocycles. The summed E-state index contributed by atoms with van der Waals surface area (Å²) in [7, 11) is -1.63. The Balaban J connectivity index is 0.000000614. The largest absolute Gasteiger partial charge is 0.495 e. The van der Waals surface area contributed by atoms with Gasteiger partial charge in [0.2, 0.25) is 0 Å². The smallest absolute Gasteiger partial charge is 0.364 e. The van der Waals surface area contributed by atoms with Crippen LogP contribution in [0.1, 0.15) is 11.1 Å². The minimum Gasteiger partial charge on any atom is -0.495 e. The van der Waals surface area contributed by atoms with Gasteiger partial charge in [-0.3, -0.25) is 0 Å². The van der Waals surface area contributed by atoms with E-state index in [0.29, 0.717) is 0 Å². The number of halogens is 3. The number of aryl methyl sites for hydroxylation is 2. The molecule has 0 amide bonds. The lowest BCUT2D eigenvalue weighted by atomic mass is 10.1. The van der Waals surface area contributed by atoms with Crippen molar-refractivity contribution in [3.63, 3.8) is 0 Å². The summed E-state index contributed by atoms with van der Waals surface area (Å²) in [5, 5.41) is 0. The Morgan fingerprint density at radius 3 is 1.42 bits per heavy atom. The highest BCUT2D eigenvalue weighted by Crippen LogP contribution is 2.41. The van der Waals surface area contributed by atoms with Crippen LogP contribution < -0.4 is 28.1 Å². The van der Waals surface area contributed by atoms with Gasteiger partial charge in [-0.2, -0.15) is 0 Å². The first-order chi connectivity index (χ1) is 14.4. The van der Waals surface area contributed by atoms with Crippen LogP contribution in [0, 0.1) is 24.1 Å². The molecule has 3 rings (SSSR count). The van der Waals surface area contributed by atoms with Gasteiger partial charge in [0.05, 0.1) is 23.2 Å². The van der Waals surface area contributed by atoms with E-state index in [9.17, 15) is 0 Å². The molecule has 0 aliphatic carbocycles. The fourth-order valence-corrected chi connectivity index (χ4v) is 4.41. The number of hydrogen-bond donors (Lipinski definition) is 0. The normalized spacial score (nSPS) is 10.9. The highest BCUT2D eigenvalue weighted by molar-refractivity contribution is 9.11. The molecule has 7 nitrogen and oxygen atoms in total. The molecule has 0 aliphatic rings. The maximum atomic E-state index is 8.49. The maximum absolute atomic E-state index is 8.49. The topological polar surface area (TPSA) is 122 Å². The van der Waals surface area contributed by atoms with Crippen molar-refractivity contribution < 1.29 is 42.8 Å². The molecule has 1 heterocycles. The molecule has 166 valence electrons. The molecule has 3 aromatic rings. The van der Waals surface area contributed by atoms with Gasteiger partial charge in [0.15, 0.2) is 0 Å². The third-order valence-corrected chi connectivity index (χ3v) is 5.21. The average Bonchev–Trinajstić information content (AvgIpc) is 2.65. The van der Waals surface area contributed by atoms with E-state index >= 15 is 0 Å². The Morgan fingerprint density at radius 1 is 0.742 bits per heavy atom. The fraction of sp³-hybridized carbons (Fsp3) is 0.190. The molecule has 1 aromatic heterocycles. The monoisotopic (exact) mass is 576 g/mol. The zero-order chi connectivity index (χ0) is 23.3. The molecule has 10 heteroatoms. The zero-order valence-electron chi connectivity index (χ0n) is 17.0. The van der Waals surface area contributed by atoms with Gasteiger partial charge >= 0.3 is 11.5 Å². The summed E-state index contributed by atoms with van der Waals surface area (Å²) in [5.41, 5.74) is 4.02. The van der Waals surface area contributed by atoms with Crippen molar-refractivity contribution in [3.05, 3.63) is 62.5 Å². The Labute approximate surface area is 198 Å². The minimum absolute atomic E-state index is 0.725. The van der Waals surface area contributed by atoms with E-state index < -0.39 is 10.2 Å². The van der Waals surface area contributed by atoms with Crippen molar-refractivity contribution in [2.24, 2.45) is 0 Å². The van der Waals surface area contributed by atoms with E-state index in [1.54, 1.807) is 14.2 Å². The summed E-state index contributed by atoms with van der Waals surface area (Å²) >= 11 is 7.14. The molecular weight excluding hydrogens is 559 g/mol. The van der Waals surface area contributed by atoms with Gasteiger partial charge in [-0.1, -0.05) is 0 Å². The second kappa shape index (κ2) is 10.7. The lowest BCUT2D eigenvalue weighted by Gasteiger charge is -2.17. The summed E-state index contributed by atoms with van der Waals surface area (Å²) in [6.07, 6.45) is 0. The van der Waals surface area contributed by atoms with Crippen LogP contribution in [0.3, 0.4) is 0 Å². The molecule has 0 saturated carbocycles. The van der Waals surface area contributed by atoms with Gasteiger partial charge in [0.1, 0.15) is 22.6 Å². The first kappa shape index (κ1) is 25.5. The number of methoxy groups -OCH3 is 2. The van der Waals surface area contributed by atoms with Gasteiger partial charge in [0, 0.05) is 12.1 Å². The van der Waals surface area contributed by atoms with Crippen LogP contribution in [0.15, 0.2) is 55.8 Å². The molecule has 0 aliphatic heterocycles. The molecule has 0 atom stereocenters. The van der Waals surface area contributed by atoms with E-state index in [4.69, 9.17) is 32.5 Å². The molecule has 0 radical (unpaired) electrons. The van der Waals surface area contributed by atoms with Gasteiger partial charge in [-0.25, -0.2) is 23.1 Å². The predicted molar refractivity (Wildman–Crippen MR) is 112 cm³/mol. The third-order valence-electron chi connectivity index (χ3n) is 4.03. The molecule has 31 heavy (non-hydrogen) atoms. The van der Waals surface area contributed by atoms with Gasteiger partial charge in [-0.15, -0.1) is 10.2 Å². The molecule has 0 N–H and O–H groups in total. The summed E-state index contributed by atoms with van der Waals surface area (Å²) in [5.74, 6) is 2.94. The number of hydrogen-bond acceptors (Lipinski definition) is 6. The Hall–Kier alpha value is -1.72. The van der Waals surface area contributed by atoms with E-state index in [-0.39, 0.29) is 0 Å². The zero-order valence-corrected chi connectivity index (χ0v) is 21.0. The van der Waals surface area contributed by atoms with Crippen LogP contribution in [-0.2, 0) is 0 Å². The van der Waals surface area contributed by atoms with Crippen LogP contribution in [0.5, 0.6) is 11.5 Å². The van der Waals surface area contributed by atoms with E-state index in [1.165, 1.54) is 0 Å². The van der Waals surface area contributed by atoms with Crippen molar-refractivity contribution >= 4 is 31.9 Å². The Kier molecular flexibility index (Phi) is 8.84. The highest BCUT2D eigenvalue weighted by atomic mass is 79.9. The maximum Gasteiger partial charge on any atom is 0.364 e. The van der Waals surface area contributed by atoms with Crippen LogP contribution in [0.25, 0.3) is 22.6 Å². The third kappa shape index (κ3) is 7.15. The average molecular weight is 579 g/mol. The van der Waals surface area contributed by atoms with E-state index in [1.807, 2.05) is 44.2 Å². The number of ether oxygens (including phenoxy) is 2. The minimum atomic E-state index is -4.94.